The largest absolute Gasteiger partial charge is 0.416 e. The van der Waals surface area contributed by atoms with Crippen LogP contribution in [-0.2, 0) is 24.9 Å². The van der Waals surface area contributed by atoms with Gasteiger partial charge in [0, 0.05) is 25.8 Å². The molecule has 0 saturated heterocycles. The molecule has 0 saturated carbocycles. The molecule has 1 atom stereocenters. The molecule has 0 bridgehead atoms. The van der Waals surface area contributed by atoms with Gasteiger partial charge >= 0.3 is 6.18 Å². The normalized spacial score (nSPS) is 14.8. The highest BCUT2D eigenvalue weighted by molar-refractivity contribution is 5.29. The lowest BCUT2D eigenvalue weighted by Crippen LogP contribution is -2.37. The van der Waals surface area contributed by atoms with Crippen molar-refractivity contribution in [3.63, 3.8) is 0 Å². The van der Waals surface area contributed by atoms with Gasteiger partial charge in [-0.05, 0) is 44.7 Å². The maximum absolute atomic E-state index is 12.9. The molecule has 2 aromatic rings. The molecule has 0 aliphatic carbocycles. The molecule has 0 fully saturated rings. The SMILES string of the molecule is CCn1nccc1CN(C)CC(C)(O)c1cccc(C(F)(F)F)c1. The van der Waals surface area contributed by atoms with E-state index < -0.39 is 17.3 Å². The second kappa shape index (κ2) is 6.94. The number of rotatable bonds is 6. The Morgan fingerprint density at radius 3 is 2.50 bits per heavy atom. The molecule has 1 N–H and O–H groups in total. The molecule has 0 aliphatic heterocycles. The molecule has 4 nitrogen and oxygen atoms in total. The van der Waals surface area contributed by atoms with Crippen LogP contribution in [0.4, 0.5) is 13.2 Å². The fraction of sp³-hybridized carbons (Fsp3) is 0.471. The molecular weight excluding hydrogens is 319 g/mol. The molecule has 2 rings (SSSR count). The van der Waals surface area contributed by atoms with E-state index in [0.29, 0.717) is 6.54 Å². The van der Waals surface area contributed by atoms with Crippen molar-refractivity contribution in [2.75, 3.05) is 13.6 Å². The number of hydrogen-bond donors (Lipinski definition) is 1. The Morgan fingerprint density at radius 1 is 1.21 bits per heavy atom. The van der Waals surface area contributed by atoms with Crippen molar-refractivity contribution in [3.05, 3.63) is 53.3 Å². The predicted octanol–water partition coefficient (Wildman–Crippen LogP) is 3.26. The number of aryl methyl sites for hydroxylation is 1. The number of halogens is 3. The maximum atomic E-state index is 12.9. The summed E-state index contributed by atoms with van der Waals surface area (Å²) in [4.78, 5) is 1.86. The molecule has 1 unspecified atom stereocenters. The minimum absolute atomic E-state index is 0.198. The van der Waals surface area contributed by atoms with Crippen LogP contribution < -0.4 is 0 Å². The number of aromatic nitrogens is 2. The van der Waals surface area contributed by atoms with Gasteiger partial charge in [-0.1, -0.05) is 12.1 Å². The van der Waals surface area contributed by atoms with E-state index in [9.17, 15) is 18.3 Å². The minimum Gasteiger partial charge on any atom is -0.384 e. The molecule has 1 aromatic carbocycles. The fourth-order valence-corrected chi connectivity index (χ4v) is 2.76. The van der Waals surface area contributed by atoms with E-state index in [4.69, 9.17) is 0 Å². The van der Waals surface area contributed by atoms with Crippen LogP contribution in [-0.4, -0.2) is 33.4 Å². The first-order chi connectivity index (χ1) is 11.1. The van der Waals surface area contributed by atoms with Crippen LogP contribution in [0, 0.1) is 0 Å². The quantitative estimate of drug-likeness (QED) is 0.877. The smallest absolute Gasteiger partial charge is 0.384 e. The molecule has 1 heterocycles. The summed E-state index contributed by atoms with van der Waals surface area (Å²) in [5, 5.41) is 14.9. The first kappa shape index (κ1) is 18.5. The molecular formula is C17H22F3N3O. The van der Waals surface area contributed by atoms with Crippen molar-refractivity contribution < 1.29 is 18.3 Å². The van der Waals surface area contributed by atoms with Gasteiger partial charge in [0.25, 0.3) is 0 Å². The summed E-state index contributed by atoms with van der Waals surface area (Å²) < 4.78 is 40.4. The van der Waals surface area contributed by atoms with Crippen LogP contribution >= 0.6 is 0 Å². The van der Waals surface area contributed by atoms with Gasteiger partial charge in [0.2, 0.25) is 0 Å². The van der Waals surface area contributed by atoms with Gasteiger partial charge in [0.15, 0.2) is 0 Å². The van der Waals surface area contributed by atoms with Gasteiger partial charge < -0.3 is 5.11 Å². The topological polar surface area (TPSA) is 41.3 Å². The maximum Gasteiger partial charge on any atom is 0.416 e. The van der Waals surface area contributed by atoms with Crippen molar-refractivity contribution in [1.82, 2.24) is 14.7 Å². The number of nitrogens with zero attached hydrogens (tertiary/aromatic N) is 3. The second-order valence-corrected chi connectivity index (χ2v) is 6.16. The summed E-state index contributed by atoms with van der Waals surface area (Å²) in [5.41, 5.74) is -0.924. The van der Waals surface area contributed by atoms with Crippen molar-refractivity contribution in [3.8, 4) is 0 Å². The lowest BCUT2D eigenvalue weighted by atomic mass is 9.93. The molecule has 0 radical (unpaired) electrons. The number of aliphatic hydroxyl groups is 1. The monoisotopic (exact) mass is 341 g/mol. The molecule has 1 aromatic heterocycles. The van der Waals surface area contributed by atoms with Crippen molar-refractivity contribution >= 4 is 0 Å². The van der Waals surface area contributed by atoms with E-state index >= 15 is 0 Å². The summed E-state index contributed by atoms with van der Waals surface area (Å²) in [6, 6.07) is 6.73. The van der Waals surface area contributed by atoms with Crippen molar-refractivity contribution in [2.45, 2.75) is 38.7 Å². The number of alkyl halides is 3. The van der Waals surface area contributed by atoms with Crippen LogP contribution in [0.5, 0.6) is 0 Å². The molecule has 7 heteroatoms. The summed E-state index contributed by atoms with van der Waals surface area (Å²) in [5.74, 6) is 0. The highest BCUT2D eigenvalue weighted by Gasteiger charge is 2.33. The van der Waals surface area contributed by atoms with Crippen LogP contribution in [0.2, 0.25) is 0 Å². The van der Waals surface area contributed by atoms with Crippen LogP contribution in [0.1, 0.15) is 30.7 Å². The van der Waals surface area contributed by atoms with Gasteiger partial charge in [0.05, 0.1) is 16.9 Å². The second-order valence-electron chi connectivity index (χ2n) is 6.16. The van der Waals surface area contributed by atoms with Gasteiger partial charge in [-0.15, -0.1) is 0 Å². The van der Waals surface area contributed by atoms with E-state index in [2.05, 4.69) is 5.10 Å². The van der Waals surface area contributed by atoms with Gasteiger partial charge in [-0.3, -0.25) is 9.58 Å². The van der Waals surface area contributed by atoms with Crippen molar-refractivity contribution in [2.24, 2.45) is 0 Å². The van der Waals surface area contributed by atoms with Gasteiger partial charge in [-0.2, -0.15) is 18.3 Å². The average molecular weight is 341 g/mol. The summed E-state index contributed by atoms with van der Waals surface area (Å²) in [6.45, 7) is 4.98. The van der Waals surface area contributed by atoms with Crippen LogP contribution in [0.25, 0.3) is 0 Å². The summed E-state index contributed by atoms with van der Waals surface area (Å²) in [7, 11) is 1.81. The van der Waals surface area contributed by atoms with Crippen LogP contribution in [0.15, 0.2) is 36.5 Å². The van der Waals surface area contributed by atoms with Gasteiger partial charge in [-0.25, -0.2) is 0 Å². The first-order valence-corrected chi connectivity index (χ1v) is 7.73. The Bertz CT molecular complexity index is 680. The van der Waals surface area contributed by atoms with Crippen LogP contribution in [0.3, 0.4) is 0 Å². The highest BCUT2D eigenvalue weighted by Crippen LogP contribution is 2.32. The Hall–Kier alpha value is -1.86. The number of hydrogen-bond acceptors (Lipinski definition) is 3. The number of benzene rings is 1. The van der Waals surface area contributed by atoms with Gasteiger partial charge in [0.1, 0.15) is 0 Å². The molecule has 0 amide bonds. The van der Waals surface area contributed by atoms with E-state index in [1.807, 2.05) is 29.6 Å². The first-order valence-electron chi connectivity index (χ1n) is 7.73. The van der Waals surface area contributed by atoms with E-state index in [1.54, 1.807) is 6.20 Å². The zero-order valence-electron chi connectivity index (χ0n) is 14.0. The third-order valence-corrected chi connectivity index (χ3v) is 3.93. The number of likely N-dealkylation sites (N-methyl/N-ethyl adjacent to an activating group) is 1. The summed E-state index contributed by atoms with van der Waals surface area (Å²) >= 11 is 0. The zero-order valence-corrected chi connectivity index (χ0v) is 14.0. The molecule has 24 heavy (non-hydrogen) atoms. The third kappa shape index (κ3) is 4.36. The Morgan fingerprint density at radius 2 is 1.88 bits per heavy atom. The predicted molar refractivity (Wildman–Crippen MR) is 85.2 cm³/mol. The van der Waals surface area contributed by atoms with E-state index in [1.165, 1.54) is 19.1 Å². The Kier molecular flexibility index (Phi) is 5.35. The highest BCUT2D eigenvalue weighted by atomic mass is 19.4. The standard InChI is InChI=1S/C17H22F3N3O/c1-4-23-15(8-9-21-23)11-22(3)12-16(2,24)13-6-5-7-14(10-13)17(18,19)20/h5-10,24H,4,11-12H2,1-3H3. The minimum atomic E-state index is -4.42. The molecule has 0 spiro atoms. The Labute approximate surface area is 139 Å². The Balaban J connectivity index is 2.13. The lowest BCUT2D eigenvalue weighted by molar-refractivity contribution is -0.137. The zero-order chi connectivity index (χ0) is 18.0. The van der Waals surface area contributed by atoms with E-state index in [0.717, 1.165) is 24.4 Å². The lowest BCUT2D eigenvalue weighted by Gasteiger charge is -2.30. The molecule has 132 valence electrons. The third-order valence-electron chi connectivity index (χ3n) is 3.93. The molecule has 0 aliphatic rings. The average Bonchev–Trinajstić information content (AvgIpc) is 2.93. The van der Waals surface area contributed by atoms with Crippen molar-refractivity contribution in [1.29, 1.82) is 0 Å². The fourth-order valence-electron chi connectivity index (χ4n) is 2.76. The summed E-state index contributed by atoms with van der Waals surface area (Å²) in [6.07, 6.45) is -2.72. The van der Waals surface area contributed by atoms with E-state index in [-0.39, 0.29) is 12.1 Å².